The second-order valence-corrected chi connectivity index (χ2v) is 10.8. The van der Waals surface area contributed by atoms with Gasteiger partial charge < -0.3 is 15.1 Å². The van der Waals surface area contributed by atoms with E-state index in [2.05, 4.69) is 17.2 Å². The van der Waals surface area contributed by atoms with Crippen LogP contribution in [0.3, 0.4) is 0 Å². The predicted molar refractivity (Wildman–Crippen MR) is 140 cm³/mol. The van der Waals surface area contributed by atoms with Gasteiger partial charge in [-0.05, 0) is 62.2 Å². The highest BCUT2D eigenvalue weighted by Gasteiger charge is 2.34. The van der Waals surface area contributed by atoms with Crippen molar-refractivity contribution in [3.8, 4) is 0 Å². The van der Waals surface area contributed by atoms with Crippen LogP contribution in [-0.2, 0) is 9.59 Å². The molecule has 2 aromatic rings. The minimum Gasteiger partial charge on any atom is -0.342 e. The maximum absolute atomic E-state index is 13.4. The Morgan fingerprint density at radius 2 is 1.83 bits per heavy atom. The molecule has 7 nitrogen and oxygen atoms in total. The number of hydrogen-bond acceptors (Lipinski definition) is 5. The Balaban J connectivity index is 1.36. The molecule has 0 unspecified atom stereocenters. The van der Waals surface area contributed by atoms with Crippen LogP contribution in [0.15, 0.2) is 36.4 Å². The fourth-order valence-corrected chi connectivity index (χ4v) is 5.60. The average Bonchev–Trinajstić information content (AvgIpc) is 2.90. The van der Waals surface area contributed by atoms with Crippen molar-refractivity contribution in [2.45, 2.75) is 45.1 Å². The summed E-state index contributed by atoms with van der Waals surface area (Å²) in [7, 11) is 0. The van der Waals surface area contributed by atoms with Gasteiger partial charge in [0.05, 0.1) is 5.52 Å². The fraction of sp³-hybridized carbons (Fsp3) is 0.556. The van der Waals surface area contributed by atoms with Crippen LogP contribution >= 0.6 is 11.8 Å². The summed E-state index contributed by atoms with van der Waals surface area (Å²) >= 11 is 1.65. The number of aromatic nitrogens is 1. The summed E-state index contributed by atoms with van der Waals surface area (Å²) in [5.74, 6) is 1.17. The fourth-order valence-electron chi connectivity index (χ4n) is 5.13. The summed E-state index contributed by atoms with van der Waals surface area (Å²) in [6.07, 6.45) is 6.19. The van der Waals surface area contributed by atoms with E-state index in [0.717, 1.165) is 36.2 Å². The number of carbonyl (C=O) groups excluding carboxylic acids is 3. The Kier molecular flexibility index (Phi) is 8.65. The number of fused-ring (bicyclic) bond motifs is 1. The Labute approximate surface area is 212 Å². The molecule has 188 valence electrons. The van der Waals surface area contributed by atoms with Crippen LogP contribution in [0.25, 0.3) is 10.9 Å². The van der Waals surface area contributed by atoms with E-state index in [4.69, 9.17) is 0 Å². The topological polar surface area (TPSA) is 82.6 Å². The number of rotatable bonds is 7. The highest BCUT2D eigenvalue weighted by Crippen LogP contribution is 2.24. The SMILES string of the molecule is CSCC[C@H](NC(=O)c1ccc2ccccc2n1)C(=O)N1CCC(C(=O)N2CCC[C@H](C)C2)CC1. The smallest absolute Gasteiger partial charge is 0.270 e. The van der Waals surface area contributed by atoms with Crippen molar-refractivity contribution in [2.75, 3.05) is 38.2 Å². The third-order valence-corrected chi connectivity index (χ3v) is 7.81. The molecule has 1 aromatic heterocycles. The minimum atomic E-state index is -0.599. The van der Waals surface area contributed by atoms with Gasteiger partial charge in [0.25, 0.3) is 5.91 Å². The van der Waals surface area contributed by atoms with Crippen molar-refractivity contribution in [1.82, 2.24) is 20.1 Å². The summed E-state index contributed by atoms with van der Waals surface area (Å²) in [6, 6.07) is 10.6. The van der Waals surface area contributed by atoms with Crippen molar-refractivity contribution >= 4 is 40.4 Å². The van der Waals surface area contributed by atoms with Gasteiger partial charge in [-0.25, -0.2) is 4.98 Å². The van der Waals surface area contributed by atoms with Crippen LogP contribution in [0.5, 0.6) is 0 Å². The number of nitrogens with zero attached hydrogens (tertiary/aromatic N) is 3. The van der Waals surface area contributed by atoms with E-state index < -0.39 is 6.04 Å². The number of benzene rings is 1. The van der Waals surface area contributed by atoms with Crippen LogP contribution < -0.4 is 5.32 Å². The normalized spacial score (nSPS) is 20.0. The van der Waals surface area contributed by atoms with Crippen molar-refractivity contribution in [3.63, 3.8) is 0 Å². The van der Waals surface area contributed by atoms with Gasteiger partial charge in [0.1, 0.15) is 11.7 Å². The van der Waals surface area contributed by atoms with Crippen LogP contribution in [-0.4, -0.2) is 76.7 Å². The first-order chi connectivity index (χ1) is 17.0. The zero-order valence-electron chi connectivity index (χ0n) is 20.7. The zero-order valence-corrected chi connectivity index (χ0v) is 21.6. The lowest BCUT2D eigenvalue weighted by Crippen LogP contribution is -2.52. The third-order valence-electron chi connectivity index (χ3n) is 7.17. The van der Waals surface area contributed by atoms with Crippen molar-refractivity contribution in [3.05, 3.63) is 42.1 Å². The molecular formula is C27H36N4O3S. The van der Waals surface area contributed by atoms with Crippen LogP contribution in [0, 0.1) is 11.8 Å². The molecule has 4 rings (SSSR count). The molecule has 2 saturated heterocycles. The predicted octanol–water partition coefficient (Wildman–Crippen LogP) is 3.58. The number of para-hydroxylation sites is 1. The molecule has 0 spiro atoms. The molecule has 3 amide bonds. The molecule has 0 aliphatic carbocycles. The first kappa shape index (κ1) is 25.5. The lowest BCUT2D eigenvalue weighted by atomic mass is 9.92. The molecule has 35 heavy (non-hydrogen) atoms. The summed E-state index contributed by atoms with van der Waals surface area (Å²) in [5.41, 5.74) is 1.06. The molecule has 8 heteroatoms. The van der Waals surface area contributed by atoms with Gasteiger partial charge in [0.15, 0.2) is 0 Å². The monoisotopic (exact) mass is 496 g/mol. The second-order valence-electron chi connectivity index (χ2n) is 9.83. The number of piperidine rings is 2. The third kappa shape index (κ3) is 6.34. The number of carbonyl (C=O) groups is 3. The number of nitrogens with one attached hydrogen (secondary N) is 1. The van der Waals surface area contributed by atoms with Gasteiger partial charge in [-0.2, -0.15) is 11.8 Å². The van der Waals surface area contributed by atoms with Gasteiger partial charge in [-0.3, -0.25) is 14.4 Å². The first-order valence-electron chi connectivity index (χ1n) is 12.7. The van der Waals surface area contributed by atoms with Gasteiger partial charge >= 0.3 is 0 Å². The Morgan fingerprint density at radius 3 is 2.57 bits per heavy atom. The van der Waals surface area contributed by atoms with E-state index in [-0.39, 0.29) is 23.6 Å². The first-order valence-corrected chi connectivity index (χ1v) is 14.1. The number of amides is 3. The molecule has 0 bridgehead atoms. The highest BCUT2D eigenvalue weighted by atomic mass is 32.2. The van der Waals surface area contributed by atoms with E-state index in [1.54, 1.807) is 17.8 Å². The number of likely N-dealkylation sites (tertiary alicyclic amines) is 2. The van der Waals surface area contributed by atoms with Gasteiger partial charge in [0, 0.05) is 37.5 Å². The lowest BCUT2D eigenvalue weighted by molar-refractivity contribution is -0.142. The molecule has 0 radical (unpaired) electrons. The maximum Gasteiger partial charge on any atom is 0.270 e. The number of hydrogen-bond donors (Lipinski definition) is 1. The van der Waals surface area contributed by atoms with E-state index >= 15 is 0 Å². The minimum absolute atomic E-state index is 0.00890. The summed E-state index contributed by atoms with van der Waals surface area (Å²) < 4.78 is 0. The Morgan fingerprint density at radius 1 is 1.06 bits per heavy atom. The number of thioether (sulfide) groups is 1. The van der Waals surface area contributed by atoms with Gasteiger partial charge in [-0.1, -0.05) is 31.2 Å². The number of pyridine rings is 1. The van der Waals surface area contributed by atoms with Crippen molar-refractivity contribution in [1.29, 1.82) is 0 Å². The molecule has 2 aliphatic rings. The average molecular weight is 497 g/mol. The van der Waals surface area contributed by atoms with Crippen LogP contribution in [0.2, 0.25) is 0 Å². The summed E-state index contributed by atoms with van der Waals surface area (Å²) in [6.45, 7) is 5.02. The molecule has 2 fully saturated rings. The summed E-state index contributed by atoms with van der Waals surface area (Å²) in [5, 5.41) is 3.91. The lowest BCUT2D eigenvalue weighted by Gasteiger charge is -2.38. The molecule has 2 atom stereocenters. The van der Waals surface area contributed by atoms with Gasteiger partial charge in [0.2, 0.25) is 11.8 Å². The molecule has 0 saturated carbocycles. The Hall–Kier alpha value is -2.61. The van der Waals surface area contributed by atoms with E-state index in [1.165, 1.54) is 6.42 Å². The molecule has 2 aliphatic heterocycles. The summed E-state index contributed by atoms with van der Waals surface area (Å²) in [4.78, 5) is 47.7. The maximum atomic E-state index is 13.4. The highest BCUT2D eigenvalue weighted by molar-refractivity contribution is 7.98. The zero-order chi connectivity index (χ0) is 24.8. The molecule has 3 heterocycles. The van der Waals surface area contributed by atoms with Crippen molar-refractivity contribution in [2.24, 2.45) is 11.8 Å². The Bertz CT molecular complexity index is 1050. The van der Waals surface area contributed by atoms with Gasteiger partial charge in [-0.15, -0.1) is 0 Å². The van der Waals surface area contributed by atoms with E-state index in [0.29, 0.717) is 44.0 Å². The molecule has 1 aromatic carbocycles. The van der Waals surface area contributed by atoms with Crippen LogP contribution in [0.4, 0.5) is 0 Å². The van der Waals surface area contributed by atoms with Crippen molar-refractivity contribution < 1.29 is 14.4 Å². The molecule has 1 N–H and O–H groups in total. The largest absolute Gasteiger partial charge is 0.342 e. The quantitative estimate of drug-likeness (QED) is 0.634. The van der Waals surface area contributed by atoms with E-state index in [1.807, 2.05) is 46.4 Å². The standard InChI is InChI=1S/C27H36N4O3S/c1-19-6-5-14-31(18-19)26(33)21-11-15-30(16-12-21)27(34)24(13-17-35-2)29-25(32)23-10-9-20-7-3-4-8-22(20)28-23/h3-4,7-10,19,21,24H,5-6,11-18H2,1-2H3,(H,29,32)/t19-,24-/m0/s1. The molecular weight excluding hydrogens is 460 g/mol. The van der Waals surface area contributed by atoms with Crippen LogP contribution in [0.1, 0.15) is 49.5 Å². The van der Waals surface area contributed by atoms with E-state index in [9.17, 15) is 14.4 Å². The second kappa shape index (κ2) is 11.9.